The normalized spacial score (nSPS) is 15.2. The van der Waals surface area contributed by atoms with Gasteiger partial charge in [-0.15, -0.1) is 0 Å². The molecule has 1 aromatic heterocycles. The van der Waals surface area contributed by atoms with Crippen molar-refractivity contribution in [2.45, 2.75) is 38.1 Å². The van der Waals surface area contributed by atoms with E-state index in [2.05, 4.69) is 10.3 Å². The monoisotopic (exact) mass is 309 g/mol. The van der Waals surface area contributed by atoms with E-state index in [4.69, 9.17) is 0 Å². The summed E-state index contributed by atoms with van der Waals surface area (Å²) < 4.78 is 0. The number of rotatable bonds is 4. The van der Waals surface area contributed by atoms with Gasteiger partial charge in [0, 0.05) is 18.8 Å². The summed E-state index contributed by atoms with van der Waals surface area (Å²) in [6, 6.07) is 13.9. The molecule has 1 fully saturated rings. The fourth-order valence-electron chi connectivity index (χ4n) is 3.03. The van der Waals surface area contributed by atoms with Crippen molar-refractivity contribution < 1.29 is 4.79 Å². The molecule has 2 aromatic rings. The third kappa shape index (κ3) is 3.89. The Morgan fingerprint density at radius 1 is 1.09 bits per heavy atom. The Morgan fingerprint density at radius 2 is 1.83 bits per heavy atom. The molecule has 1 heterocycles. The number of hydrogen-bond acceptors (Lipinski definition) is 3. The van der Waals surface area contributed by atoms with Gasteiger partial charge in [-0.3, -0.25) is 4.79 Å². The molecular weight excluding hydrogens is 286 g/mol. The van der Waals surface area contributed by atoms with Gasteiger partial charge in [0.1, 0.15) is 5.69 Å². The summed E-state index contributed by atoms with van der Waals surface area (Å²) in [5, 5.41) is 3.52. The average molecular weight is 309 g/mol. The standard InChI is InChI=1S/C19H23N3O/c1-22(17-10-6-3-7-11-17)19(23)18-13-12-16(14-20-18)21-15-8-4-2-5-9-15/h3,6-7,10-15,21H,2,4-5,8-9H2,1H3. The number of nitrogens with zero attached hydrogens (tertiary/aromatic N) is 2. The second-order valence-corrected chi connectivity index (χ2v) is 6.11. The fourth-order valence-corrected chi connectivity index (χ4v) is 3.03. The summed E-state index contributed by atoms with van der Waals surface area (Å²) in [4.78, 5) is 18.4. The first-order chi connectivity index (χ1) is 11.2. The van der Waals surface area contributed by atoms with E-state index in [1.807, 2.05) is 36.4 Å². The summed E-state index contributed by atoms with van der Waals surface area (Å²) in [5.41, 5.74) is 2.32. The summed E-state index contributed by atoms with van der Waals surface area (Å²) in [6.07, 6.45) is 8.14. The molecule has 120 valence electrons. The maximum Gasteiger partial charge on any atom is 0.276 e. The molecule has 1 aromatic carbocycles. The minimum absolute atomic E-state index is 0.0968. The van der Waals surface area contributed by atoms with Crippen LogP contribution < -0.4 is 10.2 Å². The molecule has 1 aliphatic carbocycles. The first kappa shape index (κ1) is 15.5. The average Bonchev–Trinajstić information content (AvgIpc) is 2.63. The SMILES string of the molecule is CN(C(=O)c1ccc(NC2CCCCC2)cn1)c1ccccc1. The molecule has 4 heteroatoms. The summed E-state index contributed by atoms with van der Waals surface area (Å²) >= 11 is 0. The third-order valence-corrected chi connectivity index (χ3v) is 4.41. The molecule has 1 N–H and O–H groups in total. The van der Waals surface area contributed by atoms with Crippen molar-refractivity contribution in [2.75, 3.05) is 17.3 Å². The Morgan fingerprint density at radius 3 is 2.48 bits per heavy atom. The molecule has 1 saturated carbocycles. The van der Waals surface area contributed by atoms with Crippen molar-refractivity contribution in [2.24, 2.45) is 0 Å². The Balaban J connectivity index is 1.65. The van der Waals surface area contributed by atoms with Crippen molar-refractivity contribution in [3.8, 4) is 0 Å². The smallest absolute Gasteiger partial charge is 0.276 e. The van der Waals surface area contributed by atoms with E-state index in [9.17, 15) is 4.79 Å². The van der Waals surface area contributed by atoms with Crippen molar-refractivity contribution in [1.29, 1.82) is 0 Å². The van der Waals surface area contributed by atoms with Gasteiger partial charge >= 0.3 is 0 Å². The van der Waals surface area contributed by atoms with Crippen LogP contribution in [0, 0.1) is 0 Å². The van der Waals surface area contributed by atoms with Crippen LogP contribution in [0.1, 0.15) is 42.6 Å². The second kappa shape index (κ2) is 7.27. The minimum Gasteiger partial charge on any atom is -0.381 e. The number of carbonyl (C=O) groups is 1. The van der Waals surface area contributed by atoms with Crippen LogP contribution in [0.4, 0.5) is 11.4 Å². The number of pyridine rings is 1. The Hall–Kier alpha value is -2.36. The van der Waals surface area contributed by atoms with Gasteiger partial charge in [0.25, 0.3) is 5.91 Å². The predicted molar refractivity (Wildman–Crippen MR) is 93.9 cm³/mol. The second-order valence-electron chi connectivity index (χ2n) is 6.11. The maximum atomic E-state index is 12.5. The number of benzene rings is 1. The number of aromatic nitrogens is 1. The zero-order chi connectivity index (χ0) is 16.1. The number of para-hydroxylation sites is 1. The van der Waals surface area contributed by atoms with E-state index >= 15 is 0 Å². The molecule has 1 amide bonds. The molecule has 0 spiro atoms. The summed E-state index contributed by atoms with van der Waals surface area (Å²) in [5.74, 6) is -0.0968. The van der Waals surface area contributed by atoms with E-state index in [1.165, 1.54) is 32.1 Å². The van der Waals surface area contributed by atoms with Crippen molar-refractivity contribution in [3.63, 3.8) is 0 Å². The molecule has 4 nitrogen and oxygen atoms in total. The molecule has 0 unspecified atom stereocenters. The van der Waals surface area contributed by atoms with Gasteiger partial charge in [-0.2, -0.15) is 0 Å². The molecular formula is C19H23N3O. The molecule has 1 aliphatic rings. The predicted octanol–water partition coefficient (Wildman–Crippen LogP) is 4.10. The number of nitrogens with one attached hydrogen (secondary N) is 1. The highest BCUT2D eigenvalue weighted by Gasteiger charge is 2.16. The van der Waals surface area contributed by atoms with Crippen LogP contribution in [-0.2, 0) is 0 Å². The van der Waals surface area contributed by atoms with Gasteiger partial charge in [-0.05, 0) is 37.1 Å². The van der Waals surface area contributed by atoms with Crippen molar-refractivity contribution >= 4 is 17.3 Å². The molecule has 3 rings (SSSR count). The van der Waals surface area contributed by atoms with Crippen LogP contribution in [-0.4, -0.2) is 24.0 Å². The molecule has 23 heavy (non-hydrogen) atoms. The van der Waals surface area contributed by atoms with Gasteiger partial charge in [0.2, 0.25) is 0 Å². The van der Waals surface area contributed by atoms with Gasteiger partial charge in [0.05, 0.1) is 11.9 Å². The third-order valence-electron chi connectivity index (χ3n) is 4.41. The lowest BCUT2D eigenvalue weighted by atomic mass is 9.95. The molecule has 0 bridgehead atoms. The molecule has 0 radical (unpaired) electrons. The van der Waals surface area contributed by atoms with Crippen LogP contribution >= 0.6 is 0 Å². The zero-order valence-corrected chi connectivity index (χ0v) is 13.5. The number of hydrogen-bond donors (Lipinski definition) is 1. The van der Waals surface area contributed by atoms with Gasteiger partial charge in [-0.1, -0.05) is 37.5 Å². The zero-order valence-electron chi connectivity index (χ0n) is 13.5. The van der Waals surface area contributed by atoms with Gasteiger partial charge < -0.3 is 10.2 Å². The lowest BCUT2D eigenvalue weighted by molar-refractivity contribution is 0.0988. The van der Waals surface area contributed by atoms with E-state index in [-0.39, 0.29) is 5.91 Å². The van der Waals surface area contributed by atoms with Crippen molar-refractivity contribution in [3.05, 3.63) is 54.4 Å². The number of carbonyl (C=O) groups excluding carboxylic acids is 1. The topological polar surface area (TPSA) is 45.2 Å². The lowest BCUT2D eigenvalue weighted by Gasteiger charge is -2.23. The van der Waals surface area contributed by atoms with E-state index < -0.39 is 0 Å². The molecule has 0 aliphatic heterocycles. The van der Waals surface area contributed by atoms with Crippen molar-refractivity contribution in [1.82, 2.24) is 4.98 Å². The van der Waals surface area contributed by atoms with Crippen LogP contribution in [0.15, 0.2) is 48.7 Å². The van der Waals surface area contributed by atoms with Crippen LogP contribution in [0.3, 0.4) is 0 Å². The molecule has 0 atom stereocenters. The number of anilines is 2. The largest absolute Gasteiger partial charge is 0.381 e. The maximum absolute atomic E-state index is 12.5. The molecule has 0 saturated heterocycles. The summed E-state index contributed by atoms with van der Waals surface area (Å²) in [7, 11) is 1.77. The van der Waals surface area contributed by atoms with E-state index in [1.54, 1.807) is 24.2 Å². The Bertz CT molecular complexity index is 633. The van der Waals surface area contributed by atoms with Crippen LogP contribution in [0.5, 0.6) is 0 Å². The number of amides is 1. The van der Waals surface area contributed by atoms with Crippen LogP contribution in [0.2, 0.25) is 0 Å². The van der Waals surface area contributed by atoms with E-state index in [0.717, 1.165) is 11.4 Å². The van der Waals surface area contributed by atoms with Crippen LogP contribution in [0.25, 0.3) is 0 Å². The quantitative estimate of drug-likeness (QED) is 0.924. The van der Waals surface area contributed by atoms with Gasteiger partial charge in [0.15, 0.2) is 0 Å². The first-order valence-electron chi connectivity index (χ1n) is 8.30. The minimum atomic E-state index is -0.0968. The summed E-state index contributed by atoms with van der Waals surface area (Å²) in [6.45, 7) is 0. The fraction of sp³-hybridized carbons (Fsp3) is 0.368. The Kier molecular flexibility index (Phi) is 4.91. The first-order valence-corrected chi connectivity index (χ1v) is 8.30. The highest BCUT2D eigenvalue weighted by Crippen LogP contribution is 2.21. The highest BCUT2D eigenvalue weighted by molar-refractivity contribution is 6.04. The van der Waals surface area contributed by atoms with Gasteiger partial charge in [-0.25, -0.2) is 4.98 Å². The van der Waals surface area contributed by atoms with E-state index in [0.29, 0.717) is 11.7 Å². The lowest BCUT2D eigenvalue weighted by Crippen LogP contribution is -2.27. The highest BCUT2D eigenvalue weighted by atomic mass is 16.2. The Labute approximate surface area is 137 Å².